The molecule has 0 heterocycles. The lowest BCUT2D eigenvalue weighted by Gasteiger charge is -2.13. The molecule has 72 valence electrons. The summed E-state index contributed by atoms with van der Waals surface area (Å²) in [7, 11) is 0.206. The maximum atomic E-state index is 11.4. The van der Waals surface area contributed by atoms with Crippen LogP contribution in [-0.2, 0) is 20.3 Å². The van der Waals surface area contributed by atoms with Crippen LogP contribution >= 0.6 is 0 Å². The van der Waals surface area contributed by atoms with Crippen LogP contribution in [0.1, 0.15) is 20.8 Å². The van der Waals surface area contributed by atoms with Gasteiger partial charge in [-0.15, -0.1) is 0 Å². The Morgan fingerprint density at radius 3 is 2.25 bits per heavy atom. The number of ether oxygens (including phenoxy) is 1. The van der Waals surface area contributed by atoms with Crippen LogP contribution in [0.2, 0.25) is 0 Å². The van der Waals surface area contributed by atoms with Crippen molar-refractivity contribution < 1.29 is 13.7 Å². The second-order valence-electron chi connectivity index (χ2n) is 3.05. The third-order valence-corrected chi connectivity index (χ3v) is 3.74. The molecule has 0 aliphatic heterocycles. The fourth-order valence-corrected chi connectivity index (χ4v) is 1.83. The Kier molecular flexibility index (Phi) is 5.13. The second kappa shape index (κ2) is 5.30. The predicted octanol–water partition coefficient (Wildman–Crippen LogP) is 0.953. The van der Waals surface area contributed by atoms with Gasteiger partial charge in [0.15, 0.2) is 0 Å². The van der Waals surface area contributed by atoms with Crippen molar-refractivity contribution in [3.05, 3.63) is 0 Å². The zero-order valence-corrected chi connectivity index (χ0v) is 8.81. The van der Waals surface area contributed by atoms with Gasteiger partial charge in [0.2, 0.25) is 0 Å². The molecule has 0 spiro atoms. The van der Waals surface area contributed by atoms with Gasteiger partial charge in [0.05, 0.1) is 7.11 Å². The first-order chi connectivity index (χ1) is 5.49. The van der Waals surface area contributed by atoms with Crippen LogP contribution in [0.4, 0.5) is 0 Å². The Morgan fingerprint density at radius 1 is 1.42 bits per heavy atom. The summed E-state index contributed by atoms with van der Waals surface area (Å²) in [6, 6.07) is 0. The maximum absolute atomic E-state index is 11.4. The van der Waals surface area contributed by atoms with E-state index in [1.165, 1.54) is 7.11 Å². The van der Waals surface area contributed by atoms with E-state index >= 15 is 0 Å². The van der Waals surface area contributed by atoms with E-state index in [9.17, 15) is 9.00 Å². The van der Waals surface area contributed by atoms with Gasteiger partial charge in [0, 0.05) is 16.0 Å². The number of esters is 1. The van der Waals surface area contributed by atoms with Gasteiger partial charge in [-0.05, 0) is 5.92 Å². The lowest BCUT2D eigenvalue weighted by molar-refractivity contribution is -0.137. The molecule has 12 heavy (non-hydrogen) atoms. The zero-order valence-electron chi connectivity index (χ0n) is 7.99. The number of hydrogen-bond donors (Lipinski definition) is 0. The van der Waals surface area contributed by atoms with Crippen LogP contribution in [0.25, 0.3) is 0 Å². The summed E-state index contributed by atoms with van der Waals surface area (Å²) in [5, 5.41) is 0.0455. The average Bonchev–Trinajstić information content (AvgIpc) is 2.02. The van der Waals surface area contributed by atoms with Gasteiger partial charge in [0.25, 0.3) is 0 Å². The summed E-state index contributed by atoms with van der Waals surface area (Å²) in [5.41, 5.74) is 0. The van der Waals surface area contributed by atoms with Crippen molar-refractivity contribution >= 4 is 16.8 Å². The molecule has 3 nitrogen and oxygen atoms in total. The molecule has 0 amide bonds. The van der Waals surface area contributed by atoms with Crippen molar-refractivity contribution in [3.8, 4) is 0 Å². The van der Waals surface area contributed by atoms with Crippen LogP contribution in [-0.4, -0.2) is 28.3 Å². The van der Waals surface area contributed by atoms with Crippen LogP contribution in [0, 0.1) is 5.92 Å². The lowest BCUT2D eigenvalue weighted by atomic mass is 10.2. The van der Waals surface area contributed by atoms with E-state index in [1.54, 1.807) is 0 Å². The molecule has 0 aromatic carbocycles. The van der Waals surface area contributed by atoms with Crippen molar-refractivity contribution in [1.82, 2.24) is 0 Å². The summed E-state index contributed by atoms with van der Waals surface area (Å²) >= 11 is 0. The van der Waals surface area contributed by atoms with E-state index < -0.39 is 16.8 Å². The molecule has 4 heteroatoms. The molecule has 0 fully saturated rings. The van der Waals surface area contributed by atoms with Gasteiger partial charge in [-0.1, -0.05) is 20.8 Å². The maximum Gasteiger partial charge on any atom is 0.318 e. The summed E-state index contributed by atoms with van der Waals surface area (Å²) in [6.07, 6.45) is 0. The van der Waals surface area contributed by atoms with Crippen molar-refractivity contribution in [3.63, 3.8) is 0 Å². The fraction of sp³-hybridized carbons (Fsp3) is 0.875. The largest absolute Gasteiger partial charge is 0.468 e. The smallest absolute Gasteiger partial charge is 0.318 e. The Bertz CT molecular complexity index is 177. The van der Waals surface area contributed by atoms with Crippen LogP contribution in [0.5, 0.6) is 0 Å². The SMILES string of the molecule is COC(=O)CS(=O)C(C)C(C)C. The minimum Gasteiger partial charge on any atom is -0.468 e. The molecule has 0 N–H and O–H groups in total. The highest BCUT2D eigenvalue weighted by Crippen LogP contribution is 2.08. The first-order valence-corrected chi connectivity index (χ1v) is 5.31. The van der Waals surface area contributed by atoms with Gasteiger partial charge in [0.1, 0.15) is 5.75 Å². The summed E-state index contributed by atoms with van der Waals surface area (Å²) in [5.74, 6) is -0.0631. The molecule has 0 saturated carbocycles. The summed E-state index contributed by atoms with van der Waals surface area (Å²) in [4.78, 5) is 10.7. The third kappa shape index (κ3) is 3.85. The van der Waals surface area contributed by atoms with Crippen LogP contribution in [0.15, 0.2) is 0 Å². The molecule has 0 radical (unpaired) electrons. The quantitative estimate of drug-likeness (QED) is 0.623. The van der Waals surface area contributed by atoms with Gasteiger partial charge < -0.3 is 4.74 Å². The Hall–Kier alpha value is -0.380. The average molecular weight is 192 g/mol. The second-order valence-corrected chi connectivity index (χ2v) is 4.84. The van der Waals surface area contributed by atoms with E-state index in [2.05, 4.69) is 4.74 Å². The third-order valence-electron chi connectivity index (χ3n) is 1.84. The summed E-state index contributed by atoms with van der Waals surface area (Å²) in [6.45, 7) is 5.85. The van der Waals surface area contributed by atoms with Gasteiger partial charge in [-0.3, -0.25) is 9.00 Å². The standard InChI is InChI=1S/C8H16O3S/c1-6(2)7(3)12(10)5-8(9)11-4/h6-7H,5H2,1-4H3. The molecule has 0 bridgehead atoms. The van der Waals surface area contributed by atoms with E-state index in [0.29, 0.717) is 5.92 Å². The molecule has 0 aromatic heterocycles. The van der Waals surface area contributed by atoms with Gasteiger partial charge in [-0.25, -0.2) is 0 Å². The van der Waals surface area contributed by atoms with E-state index in [4.69, 9.17) is 0 Å². The molecular weight excluding hydrogens is 176 g/mol. The minimum atomic E-state index is -1.10. The lowest BCUT2D eigenvalue weighted by Crippen LogP contribution is -2.24. The minimum absolute atomic E-state index is 0.00977. The highest BCUT2D eigenvalue weighted by molar-refractivity contribution is 7.86. The normalized spacial score (nSPS) is 15.8. The molecule has 0 saturated heterocycles. The van der Waals surface area contributed by atoms with E-state index in [0.717, 1.165) is 0 Å². The first kappa shape index (κ1) is 11.6. The van der Waals surface area contributed by atoms with Gasteiger partial charge in [-0.2, -0.15) is 0 Å². The van der Waals surface area contributed by atoms with Crippen molar-refractivity contribution in [1.29, 1.82) is 0 Å². The van der Waals surface area contributed by atoms with Crippen LogP contribution in [0.3, 0.4) is 0 Å². The predicted molar refractivity (Wildman–Crippen MR) is 49.3 cm³/mol. The molecule has 2 atom stereocenters. The molecule has 0 aliphatic rings. The topological polar surface area (TPSA) is 43.4 Å². The van der Waals surface area contributed by atoms with Crippen molar-refractivity contribution in [2.45, 2.75) is 26.0 Å². The Labute approximate surface area is 75.9 Å². The number of hydrogen-bond acceptors (Lipinski definition) is 3. The van der Waals surface area contributed by atoms with Crippen LogP contribution < -0.4 is 0 Å². The first-order valence-electron chi connectivity index (χ1n) is 3.93. The number of carbonyl (C=O) groups is 1. The fourth-order valence-electron chi connectivity index (χ4n) is 0.610. The highest BCUT2D eigenvalue weighted by Gasteiger charge is 2.17. The van der Waals surface area contributed by atoms with E-state index in [1.807, 2.05) is 20.8 Å². The van der Waals surface area contributed by atoms with Gasteiger partial charge >= 0.3 is 5.97 Å². The molecule has 2 unspecified atom stereocenters. The zero-order chi connectivity index (χ0) is 9.72. The van der Waals surface area contributed by atoms with Crippen molar-refractivity contribution in [2.24, 2.45) is 5.92 Å². The van der Waals surface area contributed by atoms with E-state index in [-0.39, 0.29) is 11.0 Å². The number of methoxy groups -OCH3 is 1. The highest BCUT2D eigenvalue weighted by atomic mass is 32.2. The number of rotatable bonds is 4. The Morgan fingerprint density at radius 2 is 1.92 bits per heavy atom. The molecular formula is C8H16O3S. The van der Waals surface area contributed by atoms with Crippen molar-refractivity contribution in [2.75, 3.05) is 12.9 Å². The molecule has 0 aliphatic carbocycles. The Balaban J connectivity index is 3.96. The molecule has 0 aromatic rings. The monoisotopic (exact) mass is 192 g/mol. The molecule has 0 rings (SSSR count). The summed E-state index contributed by atoms with van der Waals surface area (Å²) < 4.78 is 15.8. The number of carbonyl (C=O) groups excluding carboxylic acids is 1.